The predicted octanol–water partition coefficient (Wildman–Crippen LogP) is 5.21. The molecule has 218 valence electrons. The van der Waals surface area contributed by atoms with Gasteiger partial charge in [0.25, 0.3) is 0 Å². The van der Waals surface area contributed by atoms with Crippen LogP contribution in [0, 0.1) is 5.92 Å². The number of benzene rings is 2. The summed E-state index contributed by atoms with van der Waals surface area (Å²) in [5, 5.41) is 12.0. The lowest BCUT2D eigenvalue weighted by Crippen LogP contribution is -2.57. The van der Waals surface area contributed by atoms with Crippen molar-refractivity contribution < 1.29 is 14.8 Å². The van der Waals surface area contributed by atoms with Gasteiger partial charge in [0.15, 0.2) is 0 Å². The SMILES string of the molecule is CCC(=O)N([C@@H](Cc1ccc2ccccc2c1)c1nc2ccncc2[nH]1)C(C)(C)[C@H](CCCn1ccnc1)C(=O)NO. The number of rotatable bonds is 12. The van der Waals surface area contributed by atoms with Gasteiger partial charge < -0.3 is 14.5 Å². The summed E-state index contributed by atoms with van der Waals surface area (Å²) in [5.41, 5.74) is 3.42. The number of carbonyl (C=O) groups is 2. The normalized spacial score (nSPS) is 13.2. The third kappa shape index (κ3) is 6.03. The monoisotopic (exact) mass is 567 g/mol. The average Bonchev–Trinajstić information content (AvgIpc) is 3.68. The Bertz CT molecular complexity index is 1630. The minimum atomic E-state index is -0.992. The van der Waals surface area contributed by atoms with Gasteiger partial charge in [0.2, 0.25) is 11.8 Å². The second-order valence-corrected chi connectivity index (χ2v) is 11.2. The van der Waals surface area contributed by atoms with Gasteiger partial charge in [-0.05, 0) is 49.1 Å². The van der Waals surface area contributed by atoms with Crippen LogP contribution in [0.3, 0.4) is 0 Å². The zero-order valence-electron chi connectivity index (χ0n) is 24.2. The average molecular weight is 568 g/mol. The number of hydrogen-bond donors (Lipinski definition) is 3. The molecule has 10 heteroatoms. The third-order valence-corrected chi connectivity index (χ3v) is 8.11. The van der Waals surface area contributed by atoms with Crippen LogP contribution in [0.2, 0.25) is 0 Å². The van der Waals surface area contributed by atoms with Gasteiger partial charge in [-0.15, -0.1) is 0 Å². The molecule has 2 amide bonds. The minimum Gasteiger partial charge on any atom is -0.339 e. The van der Waals surface area contributed by atoms with Gasteiger partial charge >= 0.3 is 0 Å². The maximum absolute atomic E-state index is 13.9. The molecule has 3 heterocycles. The molecule has 0 radical (unpaired) electrons. The molecular formula is C32H37N7O3. The highest BCUT2D eigenvalue weighted by molar-refractivity contribution is 5.84. The van der Waals surface area contributed by atoms with Crippen molar-refractivity contribution in [3.8, 4) is 0 Å². The van der Waals surface area contributed by atoms with E-state index in [9.17, 15) is 14.8 Å². The van der Waals surface area contributed by atoms with Crippen molar-refractivity contribution in [1.29, 1.82) is 0 Å². The number of hydrogen-bond acceptors (Lipinski definition) is 6. The van der Waals surface area contributed by atoms with Gasteiger partial charge in [-0.25, -0.2) is 15.4 Å². The molecule has 0 bridgehead atoms. The van der Waals surface area contributed by atoms with Crippen LogP contribution >= 0.6 is 0 Å². The molecule has 10 nitrogen and oxygen atoms in total. The van der Waals surface area contributed by atoms with E-state index in [1.165, 1.54) is 0 Å². The van der Waals surface area contributed by atoms with E-state index in [0.717, 1.165) is 27.4 Å². The number of hydroxylamine groups is 1. The summed E-state index contributed by atoms with van der Waals surface area (Å²) < 4.78 is 1.95. The molecule has 0 saturated carbocycles. The molecule has 0 spiro atoms. The summed E-state index contributed by atoms with van der Waals surface area (Å²) >= 11 is 0. The van der Waals surface area contributed by atoms with Gasteiger partial charge in [0.05, 0.1) is 35.5 Å². The van der Waals surface area contributed by atoms with Crippen molar-refractivity contribution in [3.05, 3.63) is 91.0 Å². The van der Waals surface area contributed by atoms with Gasteiger partial charge in [-0.2, -0.15) is 0 Å². The van der Waals surface area contributed by atoms with Gasteiger partial charge in [0, 0.05) is 43.5 Å². The highest BCUT2D eigenvalue weighted by Crippen LogP contribution is 2.38. The number of nitrogens with zero attached hydrogens (tertiary/aromatic N) is 5. The fourth-order valence-corrected chi connectivity index (χ4v) is 5.95. The second kappa shape index (κ2) is 12.5. The van der Waals surface area contributed by atoms with Crippen molar-refractivity contribution in [1.82, 2.24) is 34.9 Å². The Kier molecular flexibility index (Phi) is 8.63. The maximum atomic E-state index is 13.9. The lowest BCUT2D eigenvalue weighted by molar-refractivity contribution is -0.150. The summed E-state index contributed by atoms with van der Waals surface area (Å²) in [6.45, 7) is 6.27. The standard InChI is InChI=1S/C32H37N7O3/c1-4-29(40)39(32(2,3)25(31(41)37-42)10-7-16-38-17-15-34-21-38)28(30-35-26-13-14-33-20-27(26)36-30)19-22-11-12-23-8-5-6-9-24(23)18-22/h5-6,8-9,11-15,17-18,20-21,25,28,42H,4,7,10,16,19H2,1-3H3,(H,35,36)(H,37,41)/t25-,28+/m1/s1. The van der Waals surface area contributed by atoms with Gasteiger partial charge in [0.1, 0.15) is 5.82 Å². The first-order valence-electron chi connectivity index (χ1n) is 14.3. The lowest BCUT2D eigenvalue weighted by atomic mass is 9.80. The lowest BCUT2D eigenvalue weighted by Gasteiger charge is -2.47. The molecule has 0 aliphatic heterocycles. The summed E-state index contributed by atoms with van der Waals surface area (Å²) in [6.07, 6.45) is 10.5. The van der Waals surface area contributed by atoms with Gasteiger partial charge in [-0.3, -0.25) is 19.8 Å². The largest absolute Gasteiger partial charge is 0.339 e. The number of imidazole rings is 2. The quantitative estimate of drug-likeness (QED) is 0.140. The van der Waals surface area contributed by atoms with Crippen LogP contribution in [0.5, 0.6) is 0 Å². The number of carbonyl (C=O) groups excluding carboxylic acids is 2. The molecule has 0 aliphatic rings. The first-order chi connectivity index (χ1) is 20.3. The molecule has 3 aromatic heterocycles. The third-order valence-electron chi connectivity index (χ3n) is 8.11. The van der Waals surface area contributed by atoms with Crippen molar-refractivity contribution in [2.45, 2.75) is 64.6 Å². The Morgan fingerprint density at radius 2 is 1.90 bits per heavy atom. The van der Waals surface area contributed by atoms with Crippen LogP contribution in [-0.4, -0.2) is 52.0 Å². The summed E-state index contributed by atoms with van der Waals surface area (Å²) in [7, 11) is 0. The van der Waals surface area contributed by atoms with E-state index in [0.29, 0.717) is 31.6 Å². The van der Waals surface area contributed by atoms with Crippen LogP contribution in [0.15, 0.2) is 79.6 Å². The fraction of sp³-hybridized carbons (Fsp3) is 0.344. The first kappa shape index (κ1) is 28.9. The number of aryl methyl sites for hydroxylation is 1. The molecule has 3 N–H and O–H groups in total. The minimum absolute atomic E-state index is 0.116. The number of fused-ring (bicyclic) bond motifs is 2. The molecule has 2 aromatic carbocycles. The highest BCUT2D eigenvalue weighted by Gasteiger charge is 2.45. The van der Waals surface area contributed by atoms with E-state index >= 15 is 0 Å². The Labute approximate surface area is 244 Å². The van der Waals surface area contributed by atoms with E-state index < -0.39 is 23.4 Å². The summed E-state index contributed by atoms with van der Waals surface area (Å²) in [6, 6.07) is 15.8. The number of aromatic amines is 1. The van der Waals surface area contributed by atoms with Crippen molar-refractivity contribution in [3.63, 3.8) is 0 Å². The van der Waals surface area contributed by atoms with Crippen LogP contribution in [0.4, 0.5) is 0 Å². The molecule has 0 saturated heterocycles. The van der Waals surface area contributed by atoms with Crippen LogP contribution in [0.1, 0.15) is 57.5 Å². The molecule has 0 fully saturated rings. The first-order valence-corrected chi connectivity index (χ1v) is 14.3. The molecular weight excluding hydrogens is 530 g/mol. The Morgan fingerprint density at radius 1 is 1.10 bits per heavy atom. The van der Waals surface area contributed by atoms with Crippen molar-refractivity contribution >= 4 is 33.6 Å². The predicted molar refractivity (Wildman–Crippen MR) is 160 cm³/mol. The molecule has 0 aliphatic carbocycles. The summed E-state index contributed by atoms with van der Waals surface area (Å²) in [4.78, 5) is 45.6. The Balaban J connectivity index is 1.57. The number of nitrogens with one attached hydrogen (secondary N) is 2. The van der Waals surface area contributed by atoms with Crippen molar-refractivity contribution in [2.75, 3.05) is 0 Å². The molecule has 2 atom stereocenters. The molecule has 5 aromatic rings. The van der Waals surface area contributed by atoms with E-state index in [1.807, 2.05) is 55.2 Å². The number of amides is 2. The molecule has 5 rings (SSSR count). The zero-order chi connectivity index (χ0) is 29.7. The maximum Gasteiger partial charge on any atom is 0.248 e. The topological polar surface area (TPSA) is 129 Å². The smallest absolute Gasteiger partial charge is 0.248 e. The number of aromatic nitrogens is 5. The Morgan fingerprint density at radius 3 is 2.62 bits per heavy atom. The zero-order valence-corrected chi connectivity index (χ0v) is 24.2. The van der Waals surface area contributed by atoms with Crippen LogP contribution in [0.25, 0.3) is 21.8 Å². The fourth-order valence-electron chi connectivity index (χ4n) is 5.95. The van der Waals surface area contributed by atoms with Crippen LogP contribution in [-0.2, 0) is 22.6 Å². The summed E-state index contributed by atoms with van der Waals surface area (Å²) in [5.74, 6) is -0.734. The van der Waals surface area contributed by atoms with Crippen LogP contribution < -0.4 is 5.48 Å². The second-order valence-electron chi connectivity index (χ2n) is 11.2. The Hall–Kier alpha value is -4.57. The van der Waals surface area contributed by atoms with E-state index in [4.69, 9.17) is 4.98 Å². The number of H-pyrrole nitrogens is 1. The van der Waals surface area contributed by atoms with E-state index in [1.54, 1.807) is 29.8 Å². The number of pyridine rings is 1. The highest BCUT2D eigenvalue weighted by atomic mass is 16.5. The van der Waals surface area contributed by atoms with E-state index in [2.05, 4.69) is 45.3 Å². The van der Waals surface area contributed by atoms with E-state index in [-0.39, 0.29) is 12.3 Å². The molecule has 0 unspecified atom stereocenters. The molecule has 42 heavy (non-hydrogen) atoms. The van der Waals surface area contributed by atoms with Gasteiger partial charge in [-0.1, -0.05) is 49.4 Å². The van der Waals surface area contributed by atoms with Crippen molar-refractivity contribution in [2.24, 2.45) is 5.92 Å².